The number of nitrogens with one attached hydrogen (secondary N) is 1. The molecule has 1 saturated heterocycles. The van der Waals surface area contributed by atoms with Gasteiger partial charge in [0, 0.05) is 12.6 Å². The fraction of sp³-hybridized carbons (Fsp3) is 0.562. The van der Waals surface area contributed by atoms with E-state index in [-0.39, 0.29) is 17.6 Å². The minimum Gasteiger partial charge on any atom is -0.481 e. The maximum absolute atomic E-state index is 12.5. The number of carboxylic acid groups (broad SMARTS) is 1. The van der Waals surface area contributed by atoms with Crippen molar-refractivity contribution in [3.05, 3.63) is 24.2 Å². The van der Waals surface area contributed by atoms with Crippen molar-refractivity contribution in [1.82, 2.24) is 10.2 Å². The summed E-state index contributed by atoms with van der Waals surface area (Å²) in [7, 11) is 0. The van der Waals surface area contributed by atoms with Gasteiger partial charge in [-0.2, -0.15) is 0 Å². The monoisotopic (exact) mass is 322 g/mol. The fourth-order valence-corrected chi connectivity index (χ4v) is 2.65. The summed E-state index contributed by atoms with van der Waals surface area (Å²) < 4.78 is 5.13. The molecule has 0 bridgehead atoms. The third kappa shape index (κ3) is 3.91. The summed E-state index contributed by atoms with van der Waals surface area (Å²) in [6, 6.07) is 2.09. The maximum Gasteiger partial charge on any atom is 0.308 e. The van der Waals surface area contributed by atoms with Crippen LogP contribution < -0.4 is 5.32 Å². The van der Waals surface area contributed by atoms with Crippen LogP contribution in [-0.4, -0.2) is 46.4 Å². The summed E-state index contributed by atoms with van der Waals surface area (Å²) in [6.07, 6.45) is 3.66. The molecule has 0 saturated carbocycles. The van der Waals surface area contributed by atoms with E-state index in [0.29, 0.717) is 13.0 Å². The highest BCUT2D eigenvalue weighted by molar-refractivity contribution is 5.95. The lowest BCUT2D eigenvalue weighted by molar-refractivity contribution is -0.142. The predicted octanol–water partition coefficient (Wildman–Crippen LogP) is 1.50. The summed E-state index contributed by atoms with van der Waals surface area (Å²) in [5, 5.41) is 11.7. The summed E-state index contributed by atoms with van der Waals surface area (Å²) >= 11 is 0. The van der Waals surface area contributed by atoms with Gasteiger partial charge < -0.3 is 19.7 Å². The number of amides is 2. The van der Waals surface area contributed by atoms with Gasteiger partial charge in [0.25, 0.3) is 5.91 Å². The second-order valence-corrected chi connectivity index (χ2v) is 5.91. The second kappa shape index (κ2) is 7.30. The molecule has 7 nitrogen and oxygen atoms in total. The molecule has 3 atom stereocenters. The van der Waals surface area contributed by atoms with E-state index in [1.54, 1.807) is 26.0 Å². The average molecular weight is 322 g/mol. The molecular weight excluding hydrogens is 300 g/mol. The Morgan fingerprint density at radius 1 is 1.35 bits per heavy atom. The fourth-order valence-electron chi connectivity index (χ4n) is 2.65. The molecule has 2 N–H and O–H groups in total. The van der Waals surface area contributed by atoms with Crippen LogP contribution >= 0.6 is 0 Å². The van der Waals surface area contributed by atoms with Crippen LogP contribution in [0.2, 0.25) is 0 Å². The van der Waals surface area contributed by atoms with Gasteiger partial charge in [-0.25, -0.2) is 0 Å². The molecule has 1 aromatic heterocycles. The third-order valence-electron chi connectivity index (χ3n) is 4.31. The zero-order valence-electron chi connectivity index (χ0n) is 13.3. The lowest BCUT2D eigenvalue weighted by Crippen LogP contribution is -2.54. The highest BCUT2D eigenvalue weighted by atomic mass is 16.4. The topological polar surface area (TPSA) is 99.9 Å². The lowest BCUT2D eigenvalue weighted by atomic mass is 9.99. The smallest absolute Gasteiger partial charge is 0.308 e. The third-order valence-corrected chi connectivity index (χ3v) is 4.31. The number of aliphatic carboxylic acids is 1. The minimum absolute atomic E-state index is 0.205. The van der Waals surface area contributed by atoms with Crippen LogP contribution in [-0.2, 0) is 9.59 Å². The highest BCUT2D eigenvalue weighted by Crippen LogP contribution is 2.20. The molecular formula is C16H22N2O5. The molecule has 23 heavy (non-hydrogen) atoms. The molecule has 0 radical (unpaired) electrons. The molecule has 1 aliphatic heterocycles. The zero-order valence-corrected chi connectivity index (χ0v) is 13.3. The van der Waals surface area contributed by atoms with Crippen LogP contribution in [0.25, 0.3) is 0 Å². The van der Waals surface area contributed by atoms with E-state index in [1.165, 1.54) is 11.2 Å². The van der Waals surface area contributed by atoms with Crippen molar-refractivity contribution >= 4 is 17.8 Å². The number of rotatable bonds is 5. The van der Waals surface area contributed by atoms with E-state index in [4.69, 9.17) is 9.52 Å². The van der Waals surface area contributed by atoms with Crippen LogP contribution in [0.4, 0.5) is 0 Å². The van der Waals surface area contributed by atoms with E-state index in [0.717, 1.165) is 12.8 Å². The van der Waals surface area contributed by atoms with Gasteiger partial charge in [0.1, 0.15) is 6.04 Å². The van der Waals surface area contributed by atoms with Crippen molar-refractivity contribution in [1.29, 1.82) is 0 Å². The van der Waals surface area contributed by atoms with Gasteiger partial charge in [0.05, 0.1) is 12.2 Å². The molecule has 0 aromatic carbocycles. The Morgan fingerprint density at radius 2 is 2.09 bits per heavy atom. The van der Waals surface area contributed by atoms with Gasteiger partial charge in [0.2, 0.25) is 5.91 Å². The quantitative estimate of drug-likeness (QED) is 0.855. The highest BCUT2D eigenvalue weighted by Gasteiger charge is 2.35. The number of hydrogen-bond acceptors (Lipinski definition) is 4. The van der Waals surface area contributed by atoms with Crippen molar-refractivity contribution in [2.75, 3.05) is 6.54 Å². The first-order valence-corrected chi connectivity index (χ1v) is 7.79. The van der Waals surface area contributed by atoms with Crippen LogP contribution in [0.5, 0.6) is 0 Å². The number of carbonyl (C=O) groups excluding carboxylic acids is 2. The molecule has 1 aliphatic rings. The first kappa shape index (κ1) is 17.1. The van der Waals surface area contributed by atoms with Gasteiger partial charge in [-0.3, -0.25) is 14.4 Å². The summed E-state index contributed by atoms with van der Waals surface area (Å²) in [5.41, 5.74) is 0. The van der Waals surface area contributed by atoms with Gasteiger partial charge >= 0.3 is 5.97 Å². The normalized spacial score (nSPS) is 20.6. The molecule has 1 aromatic rings. The first-order valence-electron chi connectivity index (χ1n) is 7.79. The van der Waals surface area contributed by atoms with Crippen molar-refractivity contribution in [2.24, 2.45) is 5.92 Å². The van der Waals surface area contributed by atoms with Crippen LogP contribution in [0.3, 0.4) is 0 Å². The van der Waals surface area contributed by atoms with Crippen molar-refractivity contribution in [3.8, 4) is 0 Å². The Balaban J connectivity index is 2.07. The van der Waals surface area contributed by atoms with E-state index >= 15 is 0 Å². The Labute approximate surface area is 134 Å². The number of hydrogen-bond donors (Lipinski definition) is 2. The Morgan fingerprint density at radius 3 is 2.70 bits per heavy atom. The largest absolute Gasteiger partial charge is 0.481 e. The lowest BCUT2D eigenvalue weighted by Gasteiger charge is -2.35. The van der Waals surface area contributed by atoms with Crippen LogP contribution in [0.1, 0.15) is 43.7 Å². The number of nitrogens with zero attached hydrogens (tertiary/aromatic N) is 1. The maximum atomic E-state index is 12.5. The van der Waals surface area contributed by atoms with Gasteiger partial charge in [-0.1, -0.05) is 0 Å². The van der Waals surface area contributed by atoms with Crippen molar-refractivity contribution < 1.29 is 23.9 Å². The predicted molar refractivity (Wildman–Crippen MR) is 81.8 cm³/mol. The number of carboxylic acids is 1. The molecule has 2 heterocycles. The van der Waals surface area contributed by atoms with Gasteiger partial charge in [-0.15, -0.1) is 0 Å². The molecule has 7 heteroatoms. The standard InChI is InChI=1S/C16H22N2O5/c1-10(16(21)22)11(2)17-14(19)12-6-3-4-8-18(12)15(20)13-7-5-9-23-13/h5,7,9-12H,3-4,6,8H2,1-2H3,(H,17,19)(H,21,22). The molecule has 2 rings (SSSR count). The SMILES string of the molecule is CC(NC(=O)C1CCCCN1C(=O)c1ccco1)C(C)C(=O)O. The minimum atomic E-state index is -0.968. The molecule has 1 fully saturated rings. The summed E-state index contributed by atoms with van der Waals surface area (Å²) in [6.45, 7) is 3.68. The molecule has 126 valence electrons. The molecule has 3 unspecified atom stereocenters. The molecule has 2 amide bonds. The van der Waals surface area contributed by atoms with E-state index < -0.39 is 24.0 Å². The molecule has 0 spiro atoms. The first-order chi connectivity index (χ1) is 10.9. The second-order valence-electron chi connectivity index (χ2n) is 5.91. The number of furan rings is 1. The summed E-state index contributed by atoms with van der Waals surface area (Å²) in [4.78, 5) is 37.5. The van der Waals surface area contributed by atoms with E-state index in [1.807, 2.05) is 0 Å². The number of piperidine rings is 1. The molecule has 0 aliphatic carbocycles. The van der Waals surface area contributed by atoms with Crippen LogP contribution in [0, 0.1) is 5.92 Å². The van der Waals surface area contributed by atoms with Gasteiger partial charge in [-0.05, 0) is 45.2 Å². The van der Waals surface area contributed by atoms with E-state index in [2.05, 4.69) is 5.32 Å². The Kier molecular flexibility index (Phi) is 5.41. The average Bonchev–Trinajstić information content (AvgIpc) is 3.07. The number of carbonyl (C=O) groups is 3. The van der Waals surface area contributed by atoms with Crippen LogP contribution in [0.15, 0.2) is 22.8 Å². The van der Waals surface area contributed by atoms with E-state index in [9.17, 15) is 14.4 Å². The van der Waals surface area contributed by atoms with Crippen molar-refractivity contribution in [2.45, 2.75) is 45.2 Å². The number of likely N-dealkylation sites (tertiary alicyclic amines) is 1. The summed E-state index contributed by atoms with van der Waals surface area (Å²) in [5.74, 6) is -2.09. The zero-order chi connectivity index (χ0) is 17.0. The van der Waals surface area contributed by atoms with Gasteiger partial charge in [0.15, 0.2) is 5.76 Å². The Hall–Kier alpha value is -2.31. The van der Waals surface area contributed by atoms with Crippen molar-refractivity contribution in [3.63, 3.8) is 0 Å². The Bertz CT molecular complexity index is 569.